The summed E-state index contributed by atoms with van der Waals surface area (Å²) in [6, 6.07) is 11.3. The highest BCUT2D eigenvalue weighted by Gasteiger charge is 2.33. The summed E-state index contributed by atoms with van der Waals surface area (Å²) in [5.41, 5.74) is 1.03. The first-order valence-corrected chi connectivity index (χ1v) is 7.65. The second-order valence-electron chi connectivity index (χ2n) is 5.36. The summed E-state index contributed by atoms with van der Waals surface area (Å²) in [4.78, 5) is 21.8. The fourth-order valence-electron chi connectivity index (χ4n) is 2.14. The van der Waals surface area contributed by atoms with Crippen molar-refractivity contribution in [3.63, 3.8) is 0 Å². The number of allylic oxidation sites excluding steroid dienone is 1. The highest BCUT2D eigenvalue weighted by Crippen LogP contribution is 2.33. The van der Waals surface area contributed by atoms with E-state index in [0.29, 0.717) is 12.1 Å². The van der Waals surface area contributed by atoms with Crippen LogP contribution >= 0.6 is 0 Å². The van der Waals surface area contributed by atoms with Crippen molar-refractivity contribution >= 4 is 23.9 Å². The number of carbonyl (C=O) groups is 1. The lowest BCUT2D eigenvalue weighted by Crippen LogP contribution is -2.20. The molecule has 0 atom stereocenters. The molecule has 0 aliphatic rings. The Balaban J connectivity index is 2.00. The lowest BCUT2D eigenvalue weighted by Gasteiger charge is -2.08. The highest BCUT2D eigenvalue weighted by molar-refractivity contribution is 5.83. The van der Waals surface area contributed by atoms with E-state index in [4.69, 9.17) is 0 Å². The summed E-state index contributed by atoms with van der Waals surface area (Å²) in [6.07, 6.45) is -0.548. The van der Waals surface area contributed by atoms with E-state index in [1.807, 2.05) is 30.3 Å². The van der Waals surface area contributed by atoms with Gasteiger partial charge in [0.25, 0.3) is 5.69 Å². The molecule has 27 heavy (non-hydrogen) atoms. The van der Waals surface area contributed by atoms with E-state index >= 15 is 0 Å². The number of amides is 1. The number of hydrogen-bond acceptors (Lipinski definition) is 4. The molecule has 0 spiro atoms. The molecule has 0 aromatic heterocycles. The normalized spacial score (nSPS) is 11.8. The molecule has 140 valence electrons. The average molecular weight is 377 g/mol. The first-order chi connectivity index (χ1) is 12.8. The Bertz CT molecular complexity index is 878. The van der Waals surface area contributed by atoms with E-state index in [1.54, 1.807) is 12.2 Å². The quantitative estimate of drug-likeness (QED) is 0.470. The molecule has 6 nitrogen and oxygen atoms in total. The summed E-state index contributed by atoms with van der Waals surface area (Å²) in [5.74, 6) is -0.692. The first-order valence-electron chi connectivity index (χ1n) is 7.65. The molecular weight excluding hydrogens is 363 g/mol. The van der Waals surface area contributed by atoms with E-state index in [9.17, 15) is 28.1 Å². The Morgan fingerprint density at radius 1 is 1.19 bits per heavy atom. The molecule has 9 heteroatoms. The Morgan fingerprint density at radius 2 is 1.89 bits per heavy atom. The Labute approximate surface area is 152 Å². The lowest BCUT2D eigenvalue weighted by atomic mass is 10.1. The number of hydrazone groups is 1. The molecule has 0 unspecified atom stereocenters. The van der Waals surface area contributed by atoms with E-state index in [1.165, 1.54) is 6.21 Å². The second kappa shape index (κ2) is 8.75. The van der Waals surface area contributed by atoms with Crippen LogP contribution in [0.15, 0.2) is 59.7 Å². The molecular formula is C18H14F3N3O3. The van der Waals surface area contributed by atoms with Crippen LogP contribution in [-0.4, -0.2) is 17.0 Å². The van der Waals surface area contributed by atoms with Crippen LogP contribution in [0.25, 0.3) is 6.08 Å². The Morgan fingerprint density at radius 3 is 2.52 bits per heavy atom. The van der Waals surface area contributed by atoms with Crippen LogP contribution in [0.5, 0.6) is 0 Å². The summed E-state index contributed by atoms with van der Waals surface area (Å²) in [5, 5.41) is 14.6. The summed E-state index contributed by atoms with van der Waals surface area (Å²) >= 11 is 0. The van der Waals surface area contributed by atoms with Gasteiger partial charge in [-0.3, -0.25) is 14.9 Å². The molecule has 0 aliphatic carbocycles. The van der Waals surface area contributed by atoms with Crippen molar-refractivity contribution in [1.82, 2.24) is 5.43 Å². The van der Waals surface area contributed by atoms with Gasteiger partial charge in [0.05, 0.1) is 16.9 Å². The summed E-state index contributed by atoms with van der Waals surface area (Å²) in [7, 11) is 0. The van der Waals surface area contributed by atoms with Crippen molar-refractivity contribution in [2.45, 2.75) is 12.6 Å². The predicted octanol–water partition coefficient (Wildman–Crippen LogP) is 3.97. The maximum atomic E-state index is 12.7. The number of rotatable bonds is 6. The average Bonchev–Trinajstić information content (AvgIpc) is 2.61. The lowest BCUT2D eigenvalue weighted by molar-refractivity contribution is -0.385. The van der Waals surface area contributed by atoms with Crippen molar-refractivity contribution in [1.29, 1.82) is 0 Å². The standard InChI is InChI=1S/C18H14F3N3O3/c19-18(20,21)15-9-8-14(16(12-15)24(26)27)11-17(25)23-22-10-4-7-13-5-2-1-3-6-13/h1-10,12H,11H2,(H,23,25)/b7-4+,22-10+. The van der Waals surface area contributed by atoms with Crippen molar-refractivity contribution in [2.24, 2.45) is 5.10 Å². The van der Waals surface area contributed by atoms with Gasteiger partial charge < -0.3 is 0 Å². The number of halogens is 3. The zero-order valence-electron chi connectivity index (χ0n) is 13.8. The molecule has 2 rings (SSSR count). The smallest absolute Gasteiger partial charge is 0.273 e. The number of nitrogens with one attached hydrogen (secondary N) is 1. The highest BCUT2D eigenvalue weighted by atomic mass is 19.4. The Hall–Kier alpha value is -3.49. The van der Waals surface area contributed by atoms with Crippen LogP contribution in [0.4, 0.5) is 18.9 Å². The van der Waals surface area contributed by atoms with Crippen LogP contribution in [0.1, 0.15) is 16.7 Å². The van der Waals surface area contributed by atoms with E-state index in [-0.39, 0.29) is 5.56 Å². The fraction of sp³-hybridized carbons (Fsp3) is 0.111. The van der Waals surface area contributed by atoms with E-state index in [0.717, 1.165) is 11.6 Å². The van der Waals surface area contributed by atoms with E-state index < -0.39 is 34.7 Å². The monoisotopic (exact) mass is 377 g/mol. The maximum absolute atomic E-state index is 12.7. The molecule has 0 saturated heterocycles. The van der Waals surface area contributed by atoms with Crippen molar-refractivity contribution in [3.05, 3.63) is 81.4 Å². The molecule has 0 heterocycles. The third kappa shape index (κ3) is 6.07. The number of benzene rings is 2. The van der Waals surface area contributed by atoms with Gasteiger partial charge in [0.15, 0.2) is 0 Å². The number of alkyl halides is 3. The number of hydrogen-bond donors (Lipinski definition) is 1. The SMILES string of the molecule is O=C(Cc1ccc(C(F)(F)F)cc1[N+](=O)[O-])N/N=C/C=C/c1ccccc1. The van der Waals surface area contributed by atoms with Crippen molar-refractivity contribution in [3.8, 4) is 0 Å². The zero-order valence-corrected chi connectivity index (χ0v) is 13.8. The minimum atomic E-state index is -4.71. The summed E-state index contributed by atoms with van der Waals surface area (Å²) in [6.45, 7) is 0. The van der Waals surface area contributed by atoms with Crippen LogP contribution in [0.2, 0.25) is 0 Å². The van der Waals surface area contributed by atoms with Crippen LogP contribution in [0.3, 0.4) is 0 Å². The summed E-state index contributed by atoms with van der Waals surface area (Å²) < 4.78 is 38.0. The second-order valence-corrected chi connectivity index (χ2v) is 5.36. The van der Waals surface area contributed by atoms with Crippen LogP contribution in [0, 0.1) is 10.1 Å². The van der Waals surface area contributed by atoms with Gasteiger partial charge in [-0.15, -0.1) is 0 Å². The molecule has 0 radical (unpaired) electrons. The zero-order chi connectivity index (χ0) is 19.9. The predicted molar refractivity (Wildman–Crippen MR) is 93.9 cm³/mol. The molecule has 0 saturated carbocycles. The molecule has 0 fully saturated rings. The topological polar surface area (TPSA) is 84.6 Å². The van der Waals surface area contributed by atoms with Gasteiger partial charge in [0.2, 0.25) is 5.91 Å². The van der Waals surface area contributed by atoms with Gasteiger partial charge in [-0.1, -0.05) is 42.5 Å². The largest absolute Gasteiger partial charge is 0.416 e. The van der Waals surface area contributed by atoms with Gasteiger partial charge in [-0.2, -0.15) is 18.3 Å². The van der Waals surface area contributed by atoms with Crippen LogP contribution < -0.4 is 5.43 Å². The number of nitro groups is 1. The number of nitro benzene ring substituents is 1. The molecule has 1 N–H and O–H groups in total. The van der Waals surface area contributed by atoms with Crippen molar-refractivity contribution < 1.29 is 22.9 Å². The first kappa shape index (κ1) is 19.8. The Kier molecular flexibility index (Phi) is 6.42. The third-order valence-corrected chi connectivity index (χ3v) is 3.40. The van der Waals surface area contributed by atoms with Crippen LogP contribution in [-0.2, 0) is 17.4 Å². The van der Waals surface area contributed by atoms with Gasteiger partial charge >= 0.3 is 6.18 Å². The van der Waals surface area contributed by atoms with Gasteiger partial charge in [-0.25, -0.2) is 5.43 Å². The van der Waals surface area contributed by atoms with Gasteiger partial charge in [-0.05, 0) is 17.7 Å². The van der Waals surface area contributed by atoms with E-state index in [2.05, 4.69) is 10.5 Å². The molecule has 0 bridgehead atoms. The molecule has 2 aromatic carbocycles. The number of nitrogens with zero attached hydrogens (tertiary/aromatic N) is 2. The van der Waals surface area contributed by atoms with Gasteiger partial charge in [0.1, 0.15) is 0 Å². The third-order valence-electron chi connectivity index (χ3n) is 3.40. The molecule has 1 amide bonds. The minimum absolute atomic E-state index is 0.138. The van der Waals surface area contributed by atoms with Crippen molar-refractivity contribution in [2.75, 3.05) is 0 Å². The number of carbonyl (C=O) groups excluding carboxylic acids is 1. The van der Waals surface area contributed by atoms with Gasteiger partial charge in [0, 0.05) is 17.8 Å². The maximum Gasteiger partial charge on any atom is 0.416 e. The molecule has 0 aliphatic heterocycles. The molecule has 2 aromatic rings. The minimum Gasteiger partial charge on any atom is -0.273 e. The fourth-order valence-corrected chi connectivity index (χ4v) is 2.14.